The van der Waals surface area contributed by atoms with E-state index in [9.17, 15) is 0 Å². The summed E-state index contributed by atoms with van der Waals surface area (Å²) in [5, 5.41) is 5.12. The summed E-state index contributed by atoms with van der Waals surface area (Å²) in [6, 6.07) is 7.75. The monoisotopic (exact) mass is 267 g/mol. The van der Waals surface area contributed by atoms with Gasteiger partial charge in [-0.2, -0.15) is 0 Å². The Morgan fingerprint density at radius 3 is 3.06 bits per heavy atom. The average Bonchev–Trinajstić information content (AvgIpc) is 2.71. The molecule has 0 atom stereocenters. The Morgan fingerprint density at radius 1 is 1.47 bits per heavy atom. The van der Waals surface area contributed by atoms with Crippen LogP contribution in [0.25, 0.3) is 0 Å². The van der Waals surface area contributed by atoms with Crippen LogP contribution in [0.1, 0.15) is 0 Å². The van der Waals surface area contributed by atoms with Crippen molar-refractivity contribution in [1.29, 1.82) is 0 Å². The van der Waals surface area contributed by atoms with Gasteiger partial charge >= 0.3 is 0 Å². The lowest BCUT2D eigenvalue weighted by atomic mass is 10.3. The average molecular weight is 268 g/mol. The third kappa shape index (κ3) is 3.68. The molecule has 0 saturated carbocycles. The fourth-order valence-electron chi connectivity index (χ4n) is 1.43. The van der Waals surface area contributed by atoms with E-state index in [4.69, 9.17) is 11.6 Å². The number of anilines is 1. The van der Waals surface area contributed by atoms with Crippen LogP contribution >= 0.6 is 23.4 Å². The summed E-state index contributed by atoms with van der Waals surface area (Å²) in [6.07, 6.45) is 3.76. The number of halogens is 1. The fraction of sp³-hybridized carbons (Fsp3) is 0.250. The van der Waals surface area contributed by atoms with Gasteiger partial charge in [0.1, 0.15) is 0 Å². The molecular weight excluding hydrogens is 254 g/mol. The summed E-state index contributed by atoms with van der Waals surface area (Å²) in [4.78, 5) is 4.25. The molecule has 0 unspecified atom stereocenters. The van der Waals surface area contributed by atoms with Crippen LogP contribution in [0.2, 0.25) is 5.02 Å². The number of hydrogen-bond donors (Lipinski definition) is 1. The second kappa shape index (κ2) is 5.98. The zero-order chi connectivity index (χ0) is 12.1. The summed E-state index contributed by atoms with van der Waals surface area (Å²) in [7, 11) is 2.00. The largest absolute Gasteiger partial charge is 0.384 e. The minimum absolute atomic E-state index is 0.756. The fourth-order valence-corrected chi connectivity index (χ4v) is 2.40. The second-order valence-electron chi connectivity index (χ2n) is 3.61. The van der Waals surface area contributed by atoms with Crippen molar-refractivity contribution in [2.45, 2.75) is 5.16 Å². The number of imidazole rings is 1. The molecule has 1 aromatic carbocycles. The molecule has 0 spiro atoms. The van der Waals surface area contributed by atoms with Crippen molar-refractivity contribution in [1.82, 2.24) is 9.55 Å². The van der Waals surface area contributed by atoms with Gasteiger partial charge in [-0.1, -0.05) is 29.4 Å². The minimum Gasteiger partial charge on any atom is -0.384 e. The lowest BCUT2D eigenvalue weighted by molar-refractivity contribution is 0.790. The van der Waals surface area contributed by atoms with E-state index in [-0.39, 0.29) is 0 Å². The maximum absolute atomic E-state index is 5.90. The molecule has 0 radical (unpaired) electrons. The van der Waals surface area contributed by atoms with Gasteiger partial charge in [0.25, 0.3) is 0 Å². The van der Waals surface area contributed by atoms with Crippen molar-refractivity contribution in [3.63, 3.8) is 0 Å². The van der Waals surface area contributed by atoms with Crippen molar-refractivity contribution >= 4 is 29.1 Å². The number of thioether (sulfide) groups is 1. The first kappa shape index (κ1) is 12.3. The first-order valence-electron chi connectivity index (χ1n) is 5.35. The highest BCUT2D eigenvalue weighted by Crippen LogP contribution is 2.16. The number of benzene rings is 1. The molecular formula is C12H14ClN3S. The lowest BCUT2D eigenvalue weighted by Crippen LogP contribution is -2.04. The predicted octanol–water partition coefficient (Wildman–Crippen LogP) is 3.28. The van der Waals surface area contributed by atoms with E-state index in [1.165, 1.54) is 0 Å². The topological polar surface area (TPSA) is 29.9 Å². The van der Waals surface area contributed by atoms with Crippen molar-refractivity contribution in [3.8, 4) is 0 Å². The van der Waals surface area contributed by atoms with E-state index in [0.29, 0.717) is 0 Å². The van der Waals surface area contributed by atoms with Crippen LogP contribution in [-0.2, 0) is 7.05 Å². The van der Waals surface area contributed by atoms with Crippen LogP contribution in [0.3, 0.4) is 0 Å². The number of nitrogens with one attached hydrogen (secondary N) is 1. The Labute approximate surface area is 110 Å². The predicted molar refractivity (Wildman–Crippen MR) is 73.9 cm³/mol. The summed E-state index contributed by atoms with van der Waals surface area (Å²) in [5.41, 5.74) is 1.05. The summed E-state index contributed by atoms with van der Waals surface area (Å²) in [5.74, 6) is 0.970. The molecule has 0 aliphatic rings. The molecule has 3 nitrogen and oxygen atoms in total. The highest BCUT2D eigenvalue weighted by molar-refractivity contribution is 7.99. The molecule has 0 saturated heterocycles. The third-order valence-corrected chi connectivity index (χ3v) is 3.56. The Hall–Kier alpha value is -1.13. The van der Waals surface area contributed by atoms with Gasteiger partial charge < -0.3 is 9.88 Å². The Kier molecular flexibility index (Phi) is 4.34. The van der Waals surface area contributed by atoms with Crippen LogP contribution in [0.5, 0.6) is 0 Å². The van der Waals surface area contributed by atoms with Crippen molar-refractivity contribution in [3.05, 3.63) is 41.7 Å². The number of nitrogens with zero attached hydrogens (tertiary/aromatic N) is 2. The molecule has 90 valence electrons. The van der Waals surface area contributed by atoms with Crippen molar-refractivity contribution < 1.29 is 0 Å². The highest BCUT2D eigenvalue weighted by Gasteiger charge is 1.99. The molecule has 1 aromatic heterocycles. The first-order chi connectivity index (χ1) is 8.25. The van der Waals surface area contributed by atoms with Crippen LogP contribution in [0.4, 0.5) is 5.69 Å². The molecule has 5 heteroatoms. The van der Waals surface area contributed by atoms with Gasteiger partial charge in [-0.25, -0.2) is 4.98 Å². The molecule has 2 rings (SSSR count). The molecule has 0 bridgehead atoms. The van der Waals surface area contributed by atoms with E-state index in [0.717, 1.165) is 28.2 Å². The van der Waals surface area contributed by atoms with Gasteiger partial charge in [-0.3, -0.25) is 0 Å². The Bertz CT molecular complexity index is 484. The molecule has 0 aliphatic heterocycles. The third-order valence-electron chi connectivity index (χ3n) is 2.26. The zero-order valence-electron chi connectivity index (χ0n) is 9.56. The van der Waals surface area contributed by atoms with Gasteiger partial charge in [0.05, 0.1) is 0 Å². The van der Waals surface area contributed by atoms with Crippen LogP contribution in [-0.4, -0.2) is 21.8 Å². The van der Waals surface area contributed by atoms with Gasteiger partial charge in [0, 0.05) is 42.4 Å². The standard InChI is InChI=1S/C12H14ClN3S/c1-16-7-5-15-12(16)17-8-6-14-11-4-2-3-10(13)9-11/h2-5,7,9,14H,6,8H2,1H3. The number of aryl methyl sites for hydroxylation is 1. The number of hydrogen-bond acceptors (Lipinski definition) is 3. The molecule has 17 heavy (non-hydrogen) atoms. The Balaban J connectivity index is 1.75. The molecule has 0 fully saturated rings. The molecule has 2 aromatic rings. The van der Waals surface area contributed by atoms with Gasteiger partial charge in [-0.15, -0.1) is 0 Å². The number of aromatic nitrogens is 2. The molecule has 1 heterocycles. The second-order valence-corrected chi connectivity index (χ2v) is 5.10. The zero-order valence-corrected chi connectivity index (χ0v) is 11.1. The lowest BCUT2D eigenvalue weighted by Gasteiger charge is -2.06. The molecule has 0 amide bonds. The molecule has 0 aliphatic carbocycles. The van der Waals surface area contributed by atoms with E-state index in [1.807, 2.05) is 48.3 Å². The van der Waals surface area contributed by atoms with Crippen molar-refractivity contribution in [2.24, 2.45) is 7.05 Å². The van der Waals surface area contributed by atoms with Gasteiger partial charge in [0.2, 0.25) is 0 Å². The molecule has 1 N–H and O–H groups in total. The van der Waals surface area contributed by atoms with E-state index >= 15 is 0 Å². The minimum atomic E-state index is 0.756. The maximum Gasteiger partial charge on any atom is 0.167 e. The maximum atomic E-state index is 5.90. The quantitative estimate of drug-likeness (QED) is 0.666. The van der Waals surface area contributed by atoms with Gasteiger partial charge in [-0.05, 0) is 18.2 Å². The smallest absolute Gasteiger partial charge is 0.167 e. The van der Waals surface area contributed by atoms with E-state index in [1.54, 1.807) is 11.8 Å². The van der Waals surface area contributed by atoms with Crippen LogP contribution < -0.4 is 5.32 Å². The SMILES string of the molecule is Cn1ccnc1SCCNc1cccc(Cl)c1. The highest BCUT2D eigenvalue weighted by atomic mass is 35.5. The Morgan fingerprint density at radius 2 is 2.35 bits per heavy atom. The summed E-state index contributed by atoms with van der Waals surface area (Å²) in [6.45, 7) is 0.887. The summed E-state index contributed by atoms with van der Waals surface area (Å²) < 4.78 is 2.02. The van der Waals surface area contributed by atoms with Crippen molar-refractivity contribution in [2.75, 3.05) is 17.6 Å². The van der Waals surface area contributed by atoms with E-state index < -0.39 is 0 Å². The van der Waals surface area contributed by atoms with E-state index in [2.05, 4.69) is 10.3 Å². The van der Waals surface area contributed by atoms with Crippen LogP contribution in [0, 0.1) is 0 Å². The number of rotatable bonds is 5. The van der Waals surface area contributed by atoms with Gasteiger partial charge in [0.15, 0.2) is 5.16 Å². The first-order valence-corrected chi connectivity index (χ1v) is 6.71. The summed E-state index contributed by atoms with van der Waals surface area (Å²) >= 11 is 7.63. The normalized spacial score (nSPS) is 10.5. The van der Waals surface area contributed by atoms with Crippen LogP contribution in [0.15, 0.2) is 41.8 Å².